The summed E-state index contributed by atoms with van der Waals surface area (Å²) in [5.41, 5.74) is -0.744. The lowest BCUT2D eigenvalue weighted by Gasteiger charge is -2.25. The number of aliphatic hydroxyl groups is 1. The third kappa shape index (κ3) is 7.51. The number of alkyl carbamates (subject to hydrolysis) is 1. The summed E-state index contributed by atoms with van der Waals surface area (Å²) in [6.07, 6.45) is -2.01. The number of carbonyl (C=O) groups excluding carboxylic acids is 2. The van der Waals surface area contributed by atoms with Gasteiger partial charge in [-0.15, -0.1) is 0 Å². The minimum atomic E-state index is -1.28. The molecule has 0 unspecified atom stereocenters. The largest absolute Gasteiger partial charge is 0.493 e. The molecule has 0 radical (unpaired) electrons. The summed E-state index contributed by atoms with van der Waals surface area (Å²) < 4.78 is 25.7. The van der Waals surface area contributed by atoms with Gasteiger partial charge in [0, 0.05) is 12.5 Å². The fraction of sp³-hybridized carbons (Fsp3) is 0.579. The van der Waals surface area contributed by atoms with Crippen LogP contribution in [0.4, 0.5) is 4.79 Å². The summed E-state index contributed by atoms with van der Waals surface area (Å²) in [6.45, 7) is 5.15. The molecule has 0 aliphatic heterocycles. The van der Waals surface area contributed by atoms with Crippen molar-refractivity contribution < 1.29 is 38.4 Å². The fourth-order valence-electron chi connectivity index (χ4n) is 2.24. The molecular weight excluding hydrogens is 370 g/mol. The van der Waals surface area contributed by atoms with Gasteiger partial charge in [-0.25, -0.2) is 9.59 Å². The van der Waals surface area contributed by atoms with Gasteiger partial charge in [0.25, 0.3) is 0 Å². The molecule has 2 atom stereocenters. The lowest BCUT2D eigenvalue weighted by molar-refractivity contribution is -0.146. The van der Waals surface area contributed by atoms with E-state index in [1.165, 1.54) is 21.3 Å². The Morgan fingerprint density at radius 3 is 2.29 bits per heavy atom. The average Bonchev–Trinajstić information content (AvgIpc) is 2.63. The topological polar surface area (TPSA) is 113 Å². The highest BCUT2D eigenvalue weighted by atomic mass is 16.6. The van der Waals surface area contributed by atoms with Crippen LogP contribution in [0, 0.1) is 0 Å². The van der Waals surface area contributed by atoms with Crippen LogP contribution in [0.1, 0.15) is 27.2 Å². The molecule has 0 fully saturated rings. The van der Waals surface area contributed by atoms with Gasteiger partial charge in [-0.05, 0) is 32.9 Å². The van der Waals surface area contributed by atoms with Crippen LogP contribution in [0.2, 0.25) is 0 Å². The third-order valence-corrected chi connectivity index (χ3v) is 3.55. The molecule has 0 saturated heterocycles. The van der Waals surface area contributed by atoms with E-state index in [-0.39, 0.29) is 13.0 Å². The van der Waals surface area contributed by atoms with Gasteiger partial charge < -0.3 is 34.1 Å². The molecule has 0 bridgehead atoms. The van der Waals surface area contributed by atoms with Crippen LogP contribution in [0.3, 0.4) is 0 Å². The smallest absolute Gasteiger partial charge is 0.408 e. The summed E-state index contributed by atoms with van der Waals surface area (Å²) in [4.78, 5) is 23.8. The van der Waals surface area contributed by atoms with Gasteiger partial charge in [-0.3, -0.25) is 0 Å². The molecule has 0 aliphatic carbocycles. The number of carbonyl (C=O) groups is 2. The summed E-state index contributed by atoms with van der Waals surface area (Å²) in [5, 5.41) is 12.7. The van der Waals surface area contributed by atoms with E-state index in [9.17, 15) is 14.7 Å². The molecule has 9 nitrogen and oxygen atoms in total. The zero-order valence-electron chi connectivity index (χ0n) is 17.1. The first-order valence-corrected chi connectivity index (χ1v) is 8.71. The zero-order valence-corrected chi connectivity index (χ0v) is 17.1. The Morgan fingerprint density at radius 1 is 1.11 bits per heavy atom. The molecule has 0 spiro atoms. The van der Waals surface area contributed by atoms with Crippen LogP contribution in [-0.4, -0.2) is 62.9 Å². The predicted molar refractivity (Wildman–Crippen MR) is 101 cm³/mol. The van der Waals surface area contributed by atoms with Crippen LogP contribution < -0.4 is 19.5 Å². The van der Waals surface area contributed by atoms with Crippen molar-refractivity contribution in [1.29, 1.82) is 0 Å². The molecule has 1 amide bonds. The molecule has 0 saturated carbocycles. The first-order valence-electron chi connectivity index (χ1n) is 8.71. The van der Waals surface area contributed by atoms with E-state index in [1.54, 1.807) is 39.0 Å². The second kappa shape index (κ2) is 10.6. The molecule has 9 heteroatoms. The summed E-state index contributed by atoms with van der Waals surface area (Å²) in [6, 6.07) is 3.73. The molecule has 28 heavy (non-hydrogen) atoms. The molecule has 1 aromatic rings. The molecule has 1 aromatic carbocycles. The van der Waals surface area contributed by atoms with Crippen LogP contribution in [-0.2, 0) is 14.3 Å². The van der Waals surface area contributed by atoms with Gasteiger partial charge in [-0.1, -0.05) is 0 Å². The van der Waals surface area contributed by atoms with Crippen molar-refractivity contribution in [3.05, 3.63) is 18.2 Å². The van der Waals surface area contributed by atoms with E-state index in [0.717, 1.165) is 0 Å². The monoisotopic (exact) mass is 399 g/mol. The van der Waals surface area contributed by atoms with E-state index in [2.05, 4.69) is 10.1 Å². The van der Waals surface area contributed by atoms with Gasteiger partial charge in [0.05, 0.1) is 34.0 Å². The number of nitrogens with one attached hydrogen (secondary N) is 1. The Kier molecular flexibility index (Phi) is 8.84. The van der Waals surface area contributed by atoms with Crippen molar-refractivity contribution in [1.82, 2.24) is 5.32 Å². The van der Waals surface area contributed by atoms with Crippen molar-refractivity contribution >= 4 is 12.1 Å². The van der Waals surface area contributed by atoms with Crippen molar-refractivity contribution in [2.24, 2.45) is 0 Å². The van der Waals surface area contributed by atoms with E-state index < -0.39 is 29.8 Å². The maximum absolute atomic E-state index is 11.9. The van der Waals surface area contributed by atoms with Crippen LogP contribution in [0.15, 0.2) is 18.2 Å². The number of aliphatic hydroxyl groups excluding tert-OH is 1. The van der Waals surface area contributed by atoms with Gasteiger partial charge in [0.1, 0.15) is 11.4 Å². The van der Waals surface area contributed by atoms with E-state index in [4.69, 9.17) is 18.9 Å². The van der Waals surface area contributed by atoms with Gasteiger partial charge in [-0.2, -0.15) is 0 Å². The van der Waals surface area contributed by atoms with Crippen LogP contribution in [0.5, 0.6) is 17.2 Å². The maximum Gasteiger partial charge on any atom is 0.408 e. The standard InChI is InChI=1S/C19H29NO8/c1-19(2,3)28-18(23)20-16(17(22)26-6)13(21)9-10-27-12-7-8-14(24-4)15(11-12)25-5/h7-8,11,13,16,21H,9-10H2,1-6H3,(H,20,23)/t13-,16+/m1/s1. The van der Waals surface area contributed by atoms with Crippen molar-refractivity contribution in [2.75, 3.05) is 27.9 Å². The Labute approximate surface area is 164 Å². The number of hydrogen-bond acceptors (Lipinski definition) is 8. The Morgan fingerprint density at radius 2 is 1.75 bits per heavy atom. The lowest BCUT2D eigenvalue weighted by atomic mass is 10.1. The normalized spacial score (nSPS) is 13.1. The molecule has 0 aliphatic rings. The Balaban J connectivity index is 2.67. The number of methoxy groups -OCH3 is 3. The Bertz CT molecular complexity index is 656. The first-order chi connectivity index (χ1) is 13.1. The summed E-state index contributed by atoms with van der Waals surface area (Å²) >= 11 is 0. The fourth-order valence-corrected chi connectivity index (χ4v) is 2.24. The van der Waals surface area contributed by atoms with Crippen LogP contribution >= 0.6 is 0 Å². The van der Waals surface area contributed by atoms with E-state index in [0.29, 0.717) is 17.2 Å². The number of rotatable bonds is 9. The number of benzene rings is 1. The molecule has 158 valence electrons. The zero-order chi connectivity index (χ0) is 21.3. The number of esters is 1. The minimum absolute atomic E-state index is 0.0594. The lowest BCUT2D eigenvalue weighted by Crippen LogP contribution is -2.51. The first kappa shape index (κ1) is 23.4. The highest BCUT2D eigenvalue weighted by molar-refractivity contribution is 5.82. The van der Waals surface area contributed by atoms with Crippen molar-refractivity contribution in [3.63, 3.8) is 0 Å². The van der Waals surface area contributed by atoms with E-state index in [1.807, 2.05) is 0 Å². The van der Waals surface area contributed by atoms with Gasteiger partial charge >= 0.3 is 12.1 Å². The highest BCUT2D eigenvalue weighted by Crippen LogP contribution is 2.30. The summed E-state index contributed by atoms with van der Waals surface area (Å²) in [7, 11) is 4.20. The molecule has 0 aromatic heterocycles. The van der Waals surface area contributed by atoms with Crippen molar-refractivity contribution in [2.45, 2.75) is 44.9 Å². The number of ether oxygens (including phenoxy) is 5. The Hall–Kier alpha value is -2.68. The average molecular weight is 399 g/mol. The van der Waals surface area contributed by atoms with Gasteiger partial charge in [0.2, 0.25) is 0 Å². The predicted octanol–water partition coefficient (Wildman–Crippen LogP) is 1.90. The summed E-state index contributed by atoms with van der Waals surface area (Å²) in [5.74, 6) is 0.769. The van der Waals surface area contributed by atoms with Gasteiger partial charge in [0.15, 0.2) is 17.5 Å². The van der Waals surface area contributed by atoms with Crippen molar-refractivity contribution in [3.8, 4) is 17.2 Å². The second-order valence-corrected chi connectivity index (χ2v) is 6.87. The maximum atomic E-state index is 11.9. The molecule has 0 heterocycles. The molecular formula is C19H29NO8. The SMILES string of the molecule is COC(=O)[C@@H](NC(=O)OC(C)(C)C)[C@H](O)CCOc1ccc(OC)c(OC)c1. The quantitative estimate of drug-likeness (QED) is 0.606. The van der Waals surface area contributed by atoms with E-state index >= 15 is 0 Å². The number of hydrogen-bond donors (Lipinski definition) is 2. The number of amides is 1. The highest BCUT2D eigenvalue weighted by Gasteiger charge is 2.31. The molecule has 2 N–H and O–H groups in total. The second-order valence-electron chi connectivity index (χ2n) is 6.87. The third-order valence-electron chi connectivity index (χ3n) is 3.55. The molecule has 1 rings (SSSR count). The minimum Gasteiger partial charge on any atom is -0.493 e. The van der Waals surface area contributed by atoms with Crippen LogP contribution in [0.25, 0.3) is 0 Å².